The fourth-order valence-corrected chi connectivity index (χ4v) is 4.25. The second-order valence-electron chi connectivity index (χ2n) is 9.48. The summed E-state index contributed by atoms with van der Waals surface area (Å²) in [4.78, 5) is 44.0. The number of hydrogen-bond donors (Lipinski definition) is 1. The Kier molecular flexibility index (Phi) is 10.3. The lowest BCUT2D eigenvalue weighted by atomic mass is 10.1. The first-order valence-corrected chi connectivity index (χ1v) is 13.2. The van der Waals surface area contributed by atoms with Gasteiger partial charge in [-0.1, -0.05) is 0 Å². The Morgan fingerprint density at radius 2 is 1.51 bits per heavy atom. The molecule has 1 aliphatic rings. The average molecular weight is 704 g/mol. The van der Waals surface area contributed by atoms with Gasteiger partial charge in [-0.2, -0.15) is 35.1 Å². The summed E-state index contributed by atoms with van der Waals surface area (Å²) in [6.07, 6.45) is -6.82. The van der Waals surface area contributed by atoms with Gasteiger partial charge in [0, 0.05) is 29.9 Å². The number of aromatic nitrogens is 2. The lowest BCUT2D eigenvalue weighted by Crippen LogP contribution is -2.33. The van der Waals surface area contributed by atoms with Crippen molar-refractivity contribution in [2.24, 2.45) is 0 Å². The first-order chi connectivity index (χ1) is 22.9. The van der Waals surface area contributed by atoms with E-state index in [0.717, 1.165) is 17.2 Å². The number of urea groups is 1. The molecular formula is C29H20F8N4O8. The van der Waals surface area contributed by atoms with Gasteiger partial charge in [-0.3, -0.25) is 19.7 Å². The third kappa shape index (κ3) is 8.14. The summed E-state index contributed by atoms with van der Waals surface area (Å²) >= 11 is 0. The number of carbonyl (C=O) groups excluding carboxylic acids is 2. The molecule has 1 N–H and O–H groups in total. The molecule has 3 heterocycles. The van der Waals surface area contributed by atoms with Gasteiger partial charge >= 0.3 is 31.0 Å². The van der Waals surface area contributed by atoms with Gasteiger partial charge in [-0.05, 0) is 30.3 Å². The van der Waals surface area contributed by atoms with E-state index in [0.29, 0.717) is 39.6 Å². The number of aliphatic carboxylic acids is 1. The Morgan fingerprint density at radius 3 is 2.10 bits per heavy atom. The minimum atomic E-state index is -5.08. The SMILES string of the molecule is COc1cc2nccc(Oc3ccc(N4C(=O)CN(c5cncc(C(F)(F)F)c5)C4=O)cc3OC(F)F)c2cc1OC.O=C(O)C(F)(F)F. The normalized spacial score (nSPS) is 13.4. The van der Waals surface area contributed by atoms with Crippen LogP contribution in [0.15, 0.2) is 61.1 Å². The van der Waals surface area contributed by atoms with Crippen LogP contribution in [0.25, 0.3) is 10.9 Å². The predicted octanol–water partition coefficient (Wildman–Crippen LogP) is 6.67. The Morgan fingerprint density at radius 1 is 0.857 bits per heavy atom. The number of carbonyl (C=O) groups is 3. The number of methoxy groups -OCH3 is 2. The molecule has 260 valence electrons. The zero-order chi connectivity index (χ0) is 36.3. The van der Waals surface area contributed by atoms with Crippen LogP contribution in [0.3, 0.4) is 0 Å². The largest absolute Gasteiger partial charge is 0.493 e. The van der Waals surface area contributed by atoms with E-state index in [4.69, 9.17) is 24.1 Å². The number of carboxylic acids is 1. The number of nitrogens with zero attached hydrogens (tertiary/aromatic N) is 4. The van der Waals surface area contributed by atoms with Crippen LogP contribution in [0.1, 0.15) is 5.56 Å². The fraction of sp³-hybridized carbons (Fsp3) is 0.207. The average Bonchev–Trinajstić information content (AvgIpc) is 3.33. The molecule has 20 heteroatoms. The van der Waals surface area contributed by atoms with Crippen molar-refractivity contribution >= 4 is 40.2 Å². The van der Waals surface area contributed by atoms with E-state index in [1.54, 1.807) is 12.1 Å². The van der Waals surface area contributed by atoms with E-state index in [1.165, 1.54) is 38.6 Å². The zero-order valence-electron chi connectivity index (χ0n) is 24.7. The van der Waals surface area contributed by atoms with Crippen LogP contribution in [0.2, 0.25) is 0 Å². The van der Waals surface area contributed by atoms with Crippen molar-refractivity contribution in [3.63, 3.8) is 0 Å². The van der Waals surface area contributed by atoms with Crippen LogP contribution < -0.4 is 28.7 Å². The van der Waals surface area contributed by atoms with Gasteiger partial charge in [0.05, 0.1) is 42.9 Å². The summed E-state index contributed by atoms with van der Waals surface area (Å²) < 4.78 is 119. The second-order valence-corrected chi connectivity index (χ2v) is 9.48. The number of fused-ring (bicyclic) bond motifs is 1. The molecule has 2 aromatic carbocycles. The highest BCUT2D eigenvalue weighted by Gasteiger charge is 2.40. The molecule has 1 aliphatic heterocycles. The molecule has 3 amide bonds. The van der Waals surface area contributed by atoms with E-state index in [2.05, 4.69) is 14.7 Å². The highest BCUT2D eigenvalue weighted by molar-refractivity contribution is 6.27. The van der Waals surface area contributed by atoms with E-state index < -0.39 is 54.7 Å². The Hall–Kier alpha value is -5.95. The number of anilines is 2. The number of pyridine rings is 2. The van der Waals surface area contributed by atoms with Crippen LogP contribution in [-0.4, -0.2) is 66.5 Å². The molecule has 0 aliphatic carbocycles. The summed E-state index contributed by atoms with van der Waals surface area (Å²) in [6.45, 7) is -3.92. The van der Waals surface area contributed by atoms with Crippen molar-refractivity contribution < 1.29 is 73.6 Å². The molecule has 0 spiro atoms. The highest BCUT2D eigenvalue weighted by Crippen LogP contribution is 2.41. The van der Waals surface area contributed by atoms with Crippen LogP contribution >= 0.6 is 0 Å². The summed E-state index contributed by atoms with van der Waals surface area (Å²) in [7, 11) is 2.88. The molecule has 4 aromatic rings. The van der Waals surface area contributed by atoms with Gasteiger partial charge in [0.25, 0.3) is 5.91 Å². The van der Waals surface area contributed by atoms with Gasteiger partial charge in [-0.15, -0.1) is 0 Å². The van der Waals surface area contributed by atoms with Gasteiger partial charge in [0.1, 0.15) is 12.3 Å². The van der Waals surface area contributed by atoms with Crippen molar-refractivity contribution in [2.45, 2.75) is 19.0 Å². The van der Waals surface area contributed by atoms with Gasteiger partial charge < -0.3 is 24.1 Å². The molecule has 0 bridgehead atoms. The van der Waals surface area contributed by atoms with E-state index in [-0.39, 0.29) is 22.9 Å². The number of benzene rings is 2. The number of alkyl halides is 8. The summed E-state index contributed by atoms with van der Waals surface area (Å²) in [5.74, 6) is -3.36. The summed E-state index contributed by atoms with van der Waals surface area (Å²) in [5, 5.41) is 7.57. The van der Waals surface area contributed by atoms with E-state index >= 15 is 0 Å². The Labute approximate surface area is 269 Å². The van der Waals surface area contributed by atoms with Crippen molar-refractivity contribution in [2.75, 3.05) is 30.6 Å². The van der Waals surface area contributed by atoms with E-state index in [1.807, 2.05) is 0 Å². The molecule has 0 saturated carbocycles. The standard InChI is InChI=1S/C27H19F5N4O6.C2HF3O2/c1-39-21-9-17-18(10-22(21)40-2)34-6-5-19(17)41-20-4-3-15(8-23(20)42-25(28)29)36-24(37)13-35(26(36)38)16-7-14(11-33-12-16)27(30,31)32;3-2(4,5)1(6)7/h3-12,25H,13H2,1-2H3;(H,6,7). The molecule has 5 rings (SSSR count). The summed E-state index contributed by atoms with van der Waals surface area (Å²) in [6, 6.07) is 7.74. The smallest absolute Gasteiger partial charge is 0.490 e. The van der Waals surface area contributed by atoms with E-state index in [9.17, 15) is 44.7 Å². The third-order valence-electron chi connectivity index (χ3n) is 6.40. The van der Waals surface area contributed by atoms with Crippen LogP contribution in [0, 0.1) is 0 Å². The van der Waals surface area contributed by atoms with Crippen molar-refractivity contribution in [3.05, 3.63) is 66.6 Å². The van der Waals surface area contributed by atoms with Crippen LogP contribution in [0.5, 0.6) is 28.7 Å². The Balaban J connectivity index is 0.000000698. The molecule has 2 aromatic heterocycles. The number of amides is 3. The number of imide groups is 1. The molecule has 1 fully saturated rings. The fourth-order valence-electron chi connectivity index (χ4n) is 4.25. The lowest BCUT2D eigenvalue weighted by molar-refractivity contribution is -0.192. The van der Waals surface area contributed by atoms with Crippen molar-refractivity contribution in [3.8, 4) is 28.7 Å². The minimum Gasteiger partial charge on any atom is -0.493 e. The first-order valence-electron chi connectivity index (χ1n) is 13.2. The molecular weight excluding hydrogens is 684 g/mol. The number of carboxylic acid groups (broad SMARTS) is 1. The molecule has 0 unspecified atom stereocenters. The molecule has 0 atom stereocenters. The molecule has 1 saturated heterocycles. The maximum atomic E-state index is 13.4. The van der Waals surface area contributed by atoms with Crippen LogP contribution in [-0.2, 0) is 15.8 Å². The maximum Gasteiger partial charge on any atom is 0.490 e. The van der Waals surface area contributed by atoms with Crippen molar-refractivity contribution in [1.82, 2.24) is 9.97 Å². The first kappa shape index (κ1) is 35.9. The molecule has 49 heavy (non-hydrogen) atoms. The van der Waals surface area contributed by atoms with Gasteiger partial charge in [0.15, 0.2) is 23.0 Å². The zero-order valence-corrected chi connectivity index (χ0v) is 24.7. The molecule has 12 nitrogen and oxygen atoms in total. The maximum absolute atomic E-state index is 13.4. The Bertz CT molecular complexity index is 1890. The number of hydrogen-bond acceptors (Lipinski definition) is 9. The third-order valence-corrected chi connectivity index (χ3v) is 6.40. The number of ether oxygens (including phenoxy) is 4. The lowest BCUT2D eigenvalue weighted by Gasteiger charge is -2.20. The van der Waals surface area contributed by atoms with Gasteiger partial charge in [-0.25, -0.2) is 14.5 Å². The van der Waals surface area contributed by atoms with Gasteiger partial charge in [0.2, 0.25) is 0 Å². The monoisotopic (exact) mass is 704 g/mol. The minimum absolute atomic E-state index is 0.179. The highest BCUT2D eigenvalue weighted by atomic mass is 19.4. The quantitative estimate of drug-likeness (QED) is 0.156. The number of halogens is 8. The predicted molar refractivity (Wildman–Crippen MR) is 151 cm³/mol. The number of rotatable bonds is 8. The molecule has 0 radical (unpaired) electrons. The second kappa shape index (κ2) is 14.0. The summed E-state index contributed by atoms with van der Waals surface area (Å²) in [5.41, 5.74) is -1.13. The van der Waals surface area contributed by atoms with Crippen LogP contribution in [0.4, 0.5) is 51.3 Å². The van der Waals surface area contributed by atoms with Crippen molar-refractivity contribution in [1.29, 1.82) is 0 Å². The topological polar surface area (TPSA) is 141 Å².